The van der Waals surface area contributed by atoms with E-state index in [1.165, 1.54) is 103 Å². The van der Waals surface area contributed by atoms with E-state index in [-0.39, 0.29) is 19.1 Å². The highest BCUT2D eigenvalue weighted by Gasteiger charge is 2.15. The molecule has 0 aromatic carbocycles. The summed E-state index contributed by atoms with van der Waals surface area (Å²) in [4.78, 5) is 0. The zero-order valence-electron chi connectivity index (χ0n) is 21.5. The Bertz CT molecular complexity index is 647. The number of hydrogen-bond donors (Lipinski definition) is 4. The number of aliphatic hydroxyl groups is 2. The van der Waals surface area contributed by atoms with Crippen molar-refractivity contribution in [1.82, 2.24) is 0 Å². The summed E-state index contributed by atoms with van der Waals surface area (Å²) in [6.45, 7) is 2.60. The van der Waals surface area contributed by atoms with Crippen LogP contribution in [-0.2, 0) is 24.4 Å². The van der Waals surface area contributed by atoms with Crippen molar-refractivity contribution in [1.29, 1.82) is 0 Å². The molecule has 0 aliphatic heterocycles. The van der Waals surface area contributed by atoms with E-state index in [1.807, 2.05) is 0 Å². The molecule has 0 fully saturated rings. The van der Waals surface area contributed by atoms with Gasteiger partial charge in [0.15, 0.2) is 0 Å². The molecule has 0 aliphatic rings. The van der Waals surface area contributed by atoms with Crippen LogP contribution in [0.3, 0.4) is 0 Å². The van der Waals surface area contributed by atoms with E-state index in [9.17, 15) is 16.8 Å². The lowest BCUT2D eigenvalue weighted by Crippen LogP contribution is -2.10. The molecule has 0 amide bonds. The lowest BCUT2D eigenvalue weighted by Gasteiger charge is -2.06. The maximum absolute atomic E-state index is 9.44. The first-order chi connectivity index (χ1) is 16.6. The average Bonchev–Trinajstić information content (AvgIpc) is 2.75. The molecule has 0 saturated carbocycles. The SMILES string of the molecule is CCCCCCCCCCCCCCCCCCC=CC(CO)CCO.O=S(=O)(O)OS(=O)(=O)O. The van der Waals surface area contributed by atoms with Crippen LogP contribution in [0.1, 0.15) is 122 Å². The van der Waals surface area contributed by atoms with Crippen LogP contribution in [0.5, 0.6) is 0 Å². The van der Waals surface area contributed by atoms with Crippen molar-refractivity contribution in [3.8, 4) is 0 Å². The summed E-state index contributed by atoms with van der Waals surface area (Å²) < 4.78 is 55.6. The van der Waals surface area contributed by atoms with Gasteiger partial charge in [-0.2, -0.15) is 16.8 Å². The van der Waals surface area contributed by atoms with E-state index in [0.29, 0.717) is 6.42 Å². The molecule has 9 nitrogen and oxygen atoms in total. The van der Waals surface area contributed by atoms with Gasteiger partial charge >= 0.3 is 20.8 Å². The summed E-state index contributed by atoms with van der Waals surface area (Å²) in [6.07, 6.45) is 28.6. The van der Waals surface area contributed by atoms with Crippen LogP contribution < -0.4 is 0 Å². The first-order valence-electron chi connectivity index (χ1n) is 13.1. The Morgan fingerprint density at radius 1 is 0.657 bits per heavy atom. The number of allylic oxidation sites excluding steroid dienone is 1. The molecule has 0 aliphatic carbocycles. The molecule has 0 aromatic rings. The third kappa shape index (κ3) is 35.7. The van der Waals surface area contributed by atoms with Gasteiger partial charge in [0, 0.05) is 19.1 Å². The summed E-state index contributed by atoms with van der Waals surface area (Å²) >= 11 is 0. The van der Waals surface area contributed by atoms with Crippen LogP contribution in [0.15, 0.2) is 12.2 Å². The van der Waals surface area contributed by atoms with Crippen molar-refractivity contribution < 1.29 is 39.8 Å². The van der Waals surface area contributed by atoms with Crippen molar-refractivity contribution in [2.24, 2.45) is 5.92 Å². The molecule has 0 aromatic heterocycles. The molecular weight excluding hydrogens is 496 g/mol. The lowest BCUT2D eigenvalue weighted by atomic mass is 10.0. The molecule has 0 rings (SSSR count). The van der Waals surface area contributed by atoms with Crippen molar-refractivity contribution in [2.75, 3.05) is 13.2 Å². The highest BCUT2D eigenvalue weighted by atomic mass is 32.3. The van der Waals surface area contributed by atoms with Gasteiger partial charge in [-0.05, 0) is 19.3 Å². The van der Waals surface area contributed by atoms with Gasteiger partial charge in [-0.25, -0.2) is 0 Å². The van der Waals surface area contributed by atoms with Gasteiger partial charge in [-0.3, -0.25) is 9.11 Å². The zero-order valence-corrected chi connectivity index (χ0v) is 23.2. The fourth-order valence-electron chi connectivity index (χ4n) is 3.62. The third-order valence-corrected chi connectivity index (χ3v) is 6.91. The van der Waals surface area contributed by atoms with E-state index in [0.717, 1.165) is 6.42 Å². The highest BCUT2D eigenvalue weighted by molar-refractivity contribution is 7.94. The van der Waals surface area contributed by atoms with E-state index in [4.69, 9.17) is 19.3 Å². The molecule has 0 spiro atoms. The maximum atomic E-state index is 9.44. The summed E-state index contributed by atoms with van der Waals surface area (Å²) in [5, 5.41) is 18.0. The monoisotopic (exact) mass is 546 g/mol. The van der Waals surface area contributed by atoms with E-state index < -0.39 is 20.8 Å². The van der Waals surface area contributed by atoms with Gasteiger partial charge in [-0.15, -0.1) is 3.63 Å². The lowest BCUT2D eigenvalue weighted by molar-refractivity contribution is 0.207. The Morgan fingerprint density at radius 2 is 1.03 bits per heavy atom. The molecule has 212 valence electrons. The van der Waals surface area contributed by atoms with E-state index >= 15 is 0 Å². The third-order valence-electron chi connectivity index (χ3n) is 5.54. The van der Waals surface area contributed by atoms with Gasteiger partial charge in [0.25, 0.3) is 0 Å². The summed E-state index contributed by atoms with van der Waals surface area (Å²) in [7, 11) is -10.2. The molecule has 0 radical (unpaired) electrons. The molecule has 4 N–H and O–H groups in total. The topological polar surface area (TPSA) is 158 Å². The van der Waals surface area contributed by atoms with Gasteiger partial charge < -0.3 is 10.2 Å². The van der Waals surface area contributed by atoms with Crippen LogP contribution >= 0.6 is 0 Å². The molecule has 1 atom stereocenters. The Balaban J connectivity index is 0. The molecule has 0 bridgehead atoms. The number of unbranched alkanes of at least 4 members (excludes halogenated alkanes) is 16. The zero-order chi connectivity index (χ0) is 26.8. The quantitative estimate of drug-likeness (QED) is 0.0706. The summed E-state index contributed by atoms with van der Waals surface area (Å²) in [5.74, 6) is 0.140. The standard InChI is InChI=1S/C24H48O2.H2O7S2/c1-2-3-4-5-6-7-8-9-10-11-12-13-14-15-16-17-18-19-20-24(23-26)21-22-25;1-8(2,3)7-9(4,5)6/h19-20,24-26H,2-18,21-23H2,1H3;(H,1,2,3)(H,4,5,6). The van der Waals surface area contributed by atoms with E-state index in [1.54, 1.807) is 0 Å². The number of rotatable bonds is 23. The Labute approximate surface area is 214 Å². The van der Waals surface area contributed by atoms with Crippen LogP contribution in [0, 0.1) is 5.92 Å². The van der Waals surface area contributed by atoms with Gasteiger partial charge in [-0.1, -0.05) is 115 Å². The highest BCUT2D eigenvalue weighted by Crippen LogP contribution is 2.14. The first-order valence-corrected chi connectivity index (χ1v) is 15.8. The van der Waals surface area contributed by atoms with Crippen molar-refractivity contribution in [2.45, 2.75) is 122 Å². The Hall–Kier alpha value is -0.560. The van der Waals surface area contributed by atoms with Gasteiger partial charge in [0.1, 0.15) is 0 Å². The molecule has 11 heteroatoms. The largest absolute Gasteiger partial charge is 0.413 e. The predicted molar refractivity (Wildman–Crippen MR) is 140 cm³/mol. The Kier molecular flexibility index (Phi) is 26.2. The molecular formula is C24H50O9S2. The minimum absolute atomic E-state index is 0.140. The second-order valence-electron chi connectivity index (χ2n) is 8.90. The minimum atomic E-state index is -5.12. The van der Waals surface area contributed by atoms with Gasteiger partial charge in [0.2, 0.25) is 0 Å². The summed E-state index contributed by atoms with van der Waals surface area (Å²) in [5.41, 5.74) is 0. The summed E-state index contributed by atoms with van der Waals surface area (Å²) in [6, 6.07) is 0. The van der Waals surface area contributed by atoms with Crippen molar-refractivity contribution >= 4 is 20.8 Å². The fraction of sp³-hybridized carbons (Fsp3) is 0.917. The van der Waals surface area contributed by atoms with Crippen LogP contribution in [0.2, 0.25) is 0 Å². The molecule has 35 heavy (non-hydrogen) atoms. The molecule has 0 heterocycles. The van der Waals surface area contributed by atoms with Crippen LogP contribution in [0.25, 0.3) is 0 Å². The van der Waals surface area contributed by atoms with Crippen molar-refractivity contribution in [3.63, 3.8) is 0 Å². The number of hydrogen-bond acceptors (Lipinski definition) is 7. The fourth-order valence-corrected chi connectivity index (χ4v) is 4.49. The second-order valence-corrected chi connectivity index (χ2v) is 11.2. The molecule has 1 unspecified atom stereocenters. The predicted octanol–water partition coefficient (Wildman–Crippen LogP) is 5.79. The van der Waals surface area contributed by atoms with Crippen LogP contribution in [0.4, 0.5) is 0 Å². The minimum Gasteiger partial charge on any atom is -0.396 e. The van der Waals surface area contributed by atoms with Crippen molar-refractivity contribution in [3.05, 3.63) is 12.2 Å². The normalized spacial score (nSPS) is 13.1. The number of aliphatic hydroxyl groups excluding tert-OH is 2. The Morgan fingerprint density at radius 3 is 1.31 bits per heavy atom. The van der Waals surface area contributed by atoms with Crippen LogP contribution in [-0.4, -0.2) is 49.4 Å². The second kappa shape index (κ2) is 25.1. The average molecular weight is 547 g/mol. The first kappa shape index (κ1) is 36.6. The molecule has 0 saturated heterocycles. The smallest absolute Gasteiger partial charge is 0.396 e. The van der Waals surface area contributed by atoms with E-state index in [2.05, 4.69) is 22.7 Å². The maximum Gasteiger partial charge on any atom is 0.413 e. The van der Waals surface area contributed by atoms with Gasteiger partial charge in [0.05, 0.1) is 0 Å².